The van der Waals surface area contributed by atoms with Crippen LogP contribution in [0.5, 0.6) is 5.75 Å². The zero-order chi connectivity index (χ0) is 27.3. The zero-order valence-corrected chi connectivity index (χ0v) is 22.0. The van der Waals surface area contributed by atoms with Gasteiger partial charge in [-0.1, -0.05) is 32.0 Å². The summed E-state index contributed by atoms with van der Waals surface area (Å²) in [5.41, 5.74) is 1.12. The van der Waals surface area contributed by atoms with E-state index in [4.69, 9.17) is 4.74 Å². The van der Waals surface area contributed by atoms with Gasteiger partial charge in [0.25, 0.3) is 5.91 Å². The Hall–Kier alpha value is -3.95. The summed E-state index contributed by atoms with van der Waals surface area (Å²) in [5.74, 6) is -0.914. The van der Waals surface area contributed by atoms with Gasteiger partial charge in [0, 0.05) is 37.8 Å². The normalized spacial score (nSPS) is 19.4. The third kappa shape index (κ3) is 9.17. The van der Waals surface area contributed by atoms with Crippen molar-refractivity contribution in [2.75, 3.05) is 19.7 Å². The van der Waals surface area contributed by atoms with Gasteiger partial charge in [0.1, 0.15) is 17.8 Å². The van der Waals surface area contributed by atoms with Gasteiger partial charge in [0.15, 0.2) is 0 Å². The van der Waals surface area contributed by atoms with Crippen LogP contribution in [0.15, 0.2) is 48.7 Å². The van der Waals surface area contributed by atoms with E-state index < -0.39 is 23.9 Å². The molecule has 1 aliphatic heterocycles. The predicted molar refractivity (Wildman–Crippen MR) is 142 cm³/mol. The predicted octanol–water partition coefficient (Wildman–Crippen LogP) is 1.75. The quantitative estimate of drug-likeness (QED) is 0.455. The molecule has 2 aromatic rings. The van der Waals surface area contributed by atoms with E-state index in [2.05, 4.69) is 26.3 Å². The average molecular weight is 524 g/mol. The number of ether oxygens (including phenoxy) is 1. The lowest BCUT2D eigenvalue weighted by Crippen LogP contribution is -2.50. The summed E-state index contributed by atoms with van der Waals surface area (Å²) < 4.78 is 5.82. The van der Waals surface area contributed by atoms with Crippen molar-refractivity contribution in [1.29, 1.82) is 0 Å². The van der Waals surface area contributed by atoms with Gasteiger partial charge in [-0.2, -0.15) is 0 Å². The SMILES string of the molecule is CC(C)CC1NC(=O)CC[C@@H](C(=O)NCCc2ccccn2)NC(=O)c2ccccc2OCCCNC1=O. The van der Waals surface area contributed by atoms with Crippen molar-refractivity contribution < 1.29 is 23.9 Å². The number of amides is 4. The molecule has 1 aromatic heterocycles. The fourth-order valence-electron chi connectivity index (χ4n) is 4.10. The zero-order valence-electron chi connectivity index (χ0n) is 22.0. The van der Waals surface area contributed by atoms with Crippen LogP contribution in [0.2, 0.25) is 0 Å². The molecule has 3 rings (SSSR count). The van der Waals surface area contributed by atoms with E-state index in [0.29, 0.717) is 38.1 Å². The van der Waals surface area contributed by atoms with Crippen molar-refractivity contribution in [2.45, 2.75) is 58.0 Å². The highest BCUT2D eigenvalue weighted by atomic mass is 16.5. The first-order chi connectivity index (χ1) is 18.3. The third-order valence-corrected chi connectivity index (χ3v) is 6.06. The number of benzene rings is 1. The number of fused-ring (bicyclic) bond motifs is 1. The summed E-state index contributed by atoms with van der Waals surface area (Å²) in [5, 5.41) is 11.3. The molecule has 204 valence electrons. The second-order valence-electron chi connectivity index (χ2n) is 9.67. The van der Waals surface area contributed by atoms with Crippen LogP contribution in [-0.4, -0.2) is 60.4 Å². The summed E-state index contributed by atoms with van der Waals surface area (Å²) in [4.78, 5) is 56.0. The van der Waals surface area contributed by atoms with E-state index in [1.54, 1.807) is 30.5 Å². The standard InChI is InChI=1S/C28H37N5O5/c1-19(2)18-23-28(37)30-15-7-17-38-24-10-4-3-9-21(24)26(35)33-22(11-12-25(34)32-23)27(36)31-16-13-20-8-5-6-14-29-20/h3-6,8-10,14,19,22-23H,7,11-13,15-18H2,1-2H3,(H,30,37)(H,31,36)(H,32,34)(H,33,35)/t22-,23?/m0/s1. The van der Waals surface area contributed by atoms with Crippen LogP contribution in [-0.2, 0) is 20.8 Å². The highest BCUT2D eigenvalue weighted by Gasteiger charge is 2.26. The summed E-state index contributed by atoms with van der Waals surface area (Å²) in [7, 11) is 0. The fraction of sp³-hybridized carbons (Fsp3) is 0.464. The molecule has 1 unspecified atom stereocenters. The maximum Gasteiger partial charge on any atom is 0.255 e. The first kappa shape index (κ1) is 28.6. The van der Waals surface area contributed by atoms with Gasteiger partial charge in [0.05, 0.1) is 12.2 Å². The molecule has 0 spiro atoms. The minimum atomic E-state index is -0.963. The van der Waals surface area contributed by atoms with E-state index in [1.807, 2.05) is 32.0 Å². The first-order valence-corrected chi connectivity index (χ1v) is 13.1. The van der Waals surface area contributed by atoms with Crippen molar-refractivity contribution in [3.8, 4) is 5.75 Å². The molecule has 2 atom stereocenters. The van der Waals surface area contributed by atoms with Crippen LogP contribution in [0.4, 0.5) is 0 Å². The Kier molecular flexibility index (Phi) is 11.1. The average Bonchev–Trinajstić information content (AvgIpc) is 2.90. The van der Waals surface area contributed by atoms with Gasteiger partial charge >= 0.3 is 0 Å². The van der Waals surface area contributed by atoms with Crippen molar-refractivity contribution in [1.82, 2.24) is 26.3 Å². The lowest BCUT2D eigenvalue weighted by atomic mass is 10.0. The Balaban J connectivity index is 1.76. The molecular formula is C28H37N5O5. The number of carbonyl (C=O) groups excluding carboxylic acids is 4. The van der Waals surface area contributed by atoms with E-state index in [-0.39, 0.29) is 42.7 Å². The molecule has 1 aromatic carbocycles. The summed E-state index contributed by atoms with van der Waals surface area (Å²) >= 11 is 0. The molecule has 0 fully saturated rings. The maximum absolute atomic E-state index is 13.2. The molecule has 0 aliphatic carbocycles. The van der Waals surface area contributed by atoms with E-state index in [9.17, 15) is 19.2 Å². The van der Waals surface area contributed by atoms with Crippen LogP contribution in [0.3, 0.4) is 0 Å². The number of para-hydroxylation sites is 1. The van der Waals surface area contributed by atoms with Gasteiger partial charge in [-0.3, -0.25) is 24.2 Å². The Morgan fingerprint density at radius 2 is 1.89 bits per heavy atom. The maximum atomic E-state index is 13.2. The van der Waals surface area contributed by atoms with E-state index in [1.165, 1.54) is 0 Å². The van der Waals surface area contributed by atoms with Crippen molar-refractivity contribution in [2.24, 2.45) is 5.92 Å². The second kappa shape index (κ2) is 14.7. The Bertz CT molecular complexity index is 1090. The summed E-state index contributed by atoms with van der Waals surface area (Å²) in [6.45, 7) is 4.93. The number of rotatable bonds is 6. The molecule has 0 bridgehead atoms. The van der Waals surface area contributed by atoms with Crippen molar-refractivity contribution >= 4 is 23.6 Å². The topological polar surface area (TPSA) is 139 Å². The lowest BCUT2D eigenvalue weighted by Gasteiger charge is -2.22. The Labute approximate surface area is 223 Å². The molecule has 0 saturated heterocycles. The summed E-state index contributed by atoms with van der Waals surface area (Å²) in [6, 6.07) is 10.7. The third-order valence-electron chi connectivity index (χ3n) is 6.06. The molecule has 4 N–H and O–H groups in total. The highest BCUT2D eigenvalue weighted by Crippen LogP contribution is 2.19. The van der Waals surface area contributed by atoms with Crippen LogP contribution < -0.4 is 26.0 Å². The minimum Gasteiger partial charge on any atom is -0.493 e. The monoisotopic (exact) mass is 523 g/mol. The molecule has 0 saturated carbocycles. The van der Waals surface area contributed by atoms with Crippen LogP contribution >= 0.6 is 0 Å². The van der Waals surface area contributed by atoms with Crippen molar-refractivity contribution in [3.05, 3.63) is 59.9 Å². The van der Waals surface area contributed by atoms with E-state index in [0.717, 1.165) is 5.69 Å². The molecule has 38 heavy (non-hydrogen) atoms. The number of aromatic nitrogens is 1. The summed E-state index contributed by atoms with van der Waals surface area (Å²) in [6.07, 6.45) is 3.23. The first-order valence-electron chi connectivity index (χ1n) is 13.1. The Morgan fingerprint density at radius 3 is 2.66 bits per heavy atom. The minimum absolute atomic E-state index is 0.0430. The number of nitrogens with zero attached hydrogens (tertiary/aromatic N) is 1. The van der Waals surface area contributed by atoms with Gasteiger partial charge in [0.2, 0.25) is 17.7 Å². The number of nitrogens with one attached hydrogen (secondary N) is 4. The van der Waals surface area contributed by atoms with Gasteiger partial charge < -0.3 is 26.0 Å². The number of hydrogen-bond acceptors (Lipinski definition) is 6. The molecule has 4 amide bonds. The largest absolute Gasteiger partial charge is 0.493 e. The molecule has 10 nitrogen and oxygen atoms in total. The smallest absolute Gasteiger partial charge is 0.255 e. The lowest BCUT2D eigenvalue weighted by molar-refractivity contribution is -0.129. The number of hydrogen-bond donors (Lipinski definition) is 4. The number of pyridine rings is 1. The second-order valence-corrected chi connectivity index (χ2v) is 9.67. The van der Waals surface area contributed by atoms with Gasteiger partial charge in [-0.05, 0) is 49.4 Å². The molecule has 10 heteroatoms. The van der Waals surface area contributed by atoms with Crippen molar-refractivity contribution in [3.63, 3.8) is 0 Å². The van der Waals surface area contributed by atoms with Crippen LogP contribution in [0, 0.1) is 5.92 Å². The Morgan fingerprint density at radius 1 is 1.11 bits per heavy atom. The van der Waals surface area contributed by atoms with Gasteiger partial charge in [-0.15, -0.1) is 0 Å². The molecule has 1 aliphatic rings. The van der Waals surface area contributed by atoms with Crippen LogP contribution in [0.25, 0.3) is 0 Å². The fourth-order valence-corrected chi connectivity index (χ4v) is 4.10. The molecular weight excluding hydrogens is 486 g/mol. The molecule has 0 radical (unpaired) electrons. The highest BCUT2D eigenvalue weighted by molar-refractivity contribution is 5.99. The number of carbonyl (C=O) groups is 4. The van der Waals surface area contributed by atoms with Crippen LogP contribution in [0.1, 0.15) is 55.6 Å². The molecule has 2 heterocycles. The van der Waals surface area contributed by atoms with E-state index >= 15 is 0 Å². The van der Waals surface area contributed by atoms with Gasteiger partial charge in [-0.25, -0.2) is 0 Å².